The Bertz CT molecular complexity index is 859. The molecule has 0 aliphatic heterocycles. The van der Waals surface area contributed by atoms with Gasteiger partial charge in [-0.3, -0.25) is 19.2 Å². The Morgan fingerprint density at radius 1 is 0.909 bits per heavy atom. The molecule has 0 spiro atoms. The number of carbonyl (C=O) groups is 4. The van der Waals surface area contributed by atoms with E-state index in [0.29, 0.717) is 5.56 Å². The van der Waals surface area contributed by atoms with Gasteiger partial charge in [-0.15, -0.1) is 0 Å². The smallest absolute Gasteiger partial charge is 0.326 e. The lowest BCUT2D eigenvalue weighted by Gasteiger charge is -2.27. The van der Waals surface area contributed by atoms with Crippen LogP contribution in [0.5, 0.6) is 11.5 Å². The maximum Gasteiger partial charge on any atom is 0.326 e. The molecule has 0 unspecified atom stereocenters. The van der Waals surface area contributed by atoms with Gasteiger partial charge in [-0.1, -0.05) is 40.7 Å². The SMILES string of the molecule is CCC(=O)Oc1ccc(C[C@](N)(CCOC(=O)CC(C)(C)C)C(=O)OC)cc1OC(=O)CC. The molecule has 0 fully saturated rings. The minimum Gasteiger partial charge on any atom is -0.468 e. The molecule has 1 aromatic rings. The Balaban J connectivity index is 3.07. The molecule has 1 atom stereocenters. The van der Waals surface area contributed by atoms with Gasteiger partial charge in [0.05, 0.1) is 20.1 Å². The van der Waals surface area contributed by atoms with E-state index >= 15 is 0 Å². The molecule has 0 amide bonds. The molecule has 9 nitrogen and oxygen atoms in total. The number of hydrogen-bond donors (Lipinski definition) is 1. The second-order valence-corrected chi connectivity index (χ2v) is 8.97. The second kappa shape index (κ2) is 12.3. The van der Waals surface area contributed by atoms with E-state index in [2.05, 4.69) is 0 Å². The maximum atomic E-state index is 12.5. The van der Waals surface area contributed by atoms with Crippen molar-refractivity contribution < 1.29 is 38.1 Å². The van der Waals surface area contributed by atoms with Crippen molar-refractivity contribution in [3.8, 4) is 11.5 Å². The summed E-state index contributed by atoms with van der Waals surface area (Å²) >= 11 is 0. The Morgan fingerprint density at radius 2 is 1.48 bits per heavy atom. The first-order chi connectivity index (χ1) is 15.3. The van der Waals surface area contributed by atoms with Crippen molar-refractivity contribution in [3.63, 3.8) is 0 Å². The van der Waals surface area contributed by atoms with Gasteiger partial charge in [-0.2, -0.15) is 0 Å². The number of nitrogens with two attached hydrogens (primary N) is 1. The Morgan fingerprint density at radius 3 is 2.00 bits per heavy atom. The average molecular weight is 466 g/mol. The summed E-state index contributed by atoms with van der Waals surface area (Å²) in [6.07, 6.45) is 0.522. The average Bonchev–Trinajstić information content (AvgIpc) is 2.73. The molecule has 184 valence electrons. The predicted molar refractivity (Wildman–Crippen MR) is 121 cm³/mol. The molecule has 2 N–H and O–H groups in total. The molecule has 0 aliphatic rings. The summed E-state index contributed by atoms with van der Waals surface area (Å²) < 4.78 is 20.7. The fourth-order valence-corrected chi connectivity index (χ4v) is 2.88. The zero-order valence-corrected chi connectivity index (χ0v) is 20.3. The molecule has 1 rings (SSSR count). The Kier molecular flexibility index (Phi) is 10.5. The van der Waals surface area contributed by atoms with E-state index in [9.17, 15) is 19.2 Å². The summed E-state index contributed by atoms with van der Waals surface area (Å²) in [5.74, 6) is -1.93. The zero-order chi connectivity index (χ0) is 25.2. The highest BCUT2D eigenvalue weighted by Gasteiger charge is 2.36. The van der Waals surface area contributed by atoms with Gasteiger partial charge in [0.15, 0.2) is 11.5 Å². The third-order valence-corrected chi connectivity index (χ3v) is 4.63. The van der Waals surface area contributed by atoms with Crippen LogP contribution in [0.15, 0.2) is 18.2 Å². The minimum atomic E-state index is -1.50. The quantitative estimate of drug-likeness (QED) is 0.387. The minimum absolute atomic E-state index is 0.00910. The summed E-state index contributed by atoms with van der Waals surface area (Å²) in [7, 11) is 1.22. The lowest BCUT2D eigenvalue weighted by Crippen LogP contribution is -2.51. The standard InChI is InChI=1S/C24H35NO8/c1-7-19(26)32-17-10-9-16(13-18(17)33-20(27)8-2)14-24(25,22(29)30-6)11-12-31-21(28)15-23(3,4)5/h9-10,13H,7-8,11-12,14-15,25H2,1-6H3/t24-/m1/s1. The molecule has 33 heavy (non-hydrogen) atoms. The number of rotatable bonds is 11. The van der Waals surface area contributed by atoms with E-state index in [-0.39, 0.29) is 61.6 Å². The normalized spacial score (nSPS) is 12.9. The number of esters is 4. The fraction of sp³-hybridized carbons (Fsp3) is 0.583. The van der Waals surface area contributed by atoms with Crippen molar-refractivity contribution >= 4 is 23.9 Å². The van der Waals surface area contributed by atoms with Crippen molar-refractivity contribution in [1.82, 2.24) is 0 Å². The van der Waals surface area contributed by atoms with Crippen LogP contribution in [0, 0.1) is 5.41 Å². The highest BCUT2D eigenvalue weighted by atomic mass is 16.6. The van der Waals surface area contributed by atoms with Crippen LogP contribution in [0.25, 0.3) is 0 Å². The van der Waals surface area contributed by atoms with Gasteiger partial charge in [0.25, 0.3) is 0 Å². The first kappa shape index (κ1) is 28.1. The highest BCUT2D eigenvalue weighted by molar-refractivity contribution is 5.81. The van der Waals surface area contributed by atoms with E-state index in [0.717, 1.165) is 0 Å². The van der Waals surface area contributed by atoms with E-state index < -0.39 is 23.4 Å². The third-order valence-electron chi connectivity index (χ3n) is 4.63. The summed E-state index contributed by atoms with van der Waals surface area (Å²) in [4.78, 5) is 48.0. The molecular formula is C24H35NO8. The number of benzene rings is 1. The summed E-state index contributed by atoms with van der Waals surface area (Å²) in [5, 5.41) is 0. The molecule has 0 aromatic heterocycles. The monoisotopic (exact) mass is 465 g/mol. The van der Waals surface area contributed by atoms with Gasteiger partial charge in [-0.25, -0.2) is 0 Å². The number of hydrogen-bond acceptors (Lipinski definition) is 9. The van der Waals surface area contributed by atoms with Crippen LogP contribution in [0.3, 0.4) is 0 Å². The van der Waals surface area contributed by atoms with Gasteiger partial charge >= 0.3 is 23.9 Å². The van der Waals surface area contributed by atoms with Crippen molar-refractivity contribution in [1.29, 1.82) is 0 Å². The lowest BCUT2D eigenvalue weighted by molar-refractivity contribution is -0.152. The number of carbonyl (C=O) groups excluding carboxylic acids is 4. The second-order valence-electron chi connectivity index (χ2n) is 8.97. The van der Waals surface area contributed by atoms with Crippen molar-refractivity contribution in [2.24, 2.45) is 11.1 Å². The fourth-order valence-electron chi connectivity index (χ4n) is 2.88. The molecule has 1 aromatic carbocycles. The number of ether oxygens (including phenoxy) is 4. The molecule has 0 aliphatic carbocycles. The summed E-state index contributed by atoms with van der Waals surface area (Å²) in [6, 6.07) is 4.57. The largest absolute Gasteiger partial charge is 0.468 e. The maximum absolute atomic E-state index is 12.5. The van der Waals surface area contributed by atoms with Crippen LogP contribution in [0.4, 0.5) is 0 Å². The van der Waals surface area contributed by atoms with Crippen LogP contribution in [0.1, 0.15) is 65.9 Å². The molecular weight excluding hydrogens is 430 g/mol. The Labute approximate surface area is 194 Å². The predicted octanol–water partition coefficient (Wildman–Crippen LogP) is 3.10. The van der Waals surface area contributed by atoms with Gasteiger partial charge in [-0.05, 0) is 23.1 Å². The Hall–Kier alpha value is -2.94. The zero-order valence-electron chi connectivity index (χ0n) is 20.3. The van der Waals surface area contributed by atoms with Crippen LogP contribution in [-0.4, -0.2) is 43.1 Å². The van der Waals surface area contributed by atoms with Crippen LogP contribution in [-0.2, 0) is 35.1 Å². The lowest BCUT2D eigenvalue weighted by atomic mass is 9.88. The molecule has 0 bridgehead atoms. The van der Waals surface area contributed by atoms with Gasteiger partial charge < -0.3 is 24.7 Å². The van der Waals surface area contributed by atoms with Gasteiger partial charge in [0.2, 0.25) is 0 Å². The van der Waals surface area contributed by atoms with E-state index in [1.807, 2.05) is 20.8 Å². The third kappa shape index (κ3) is 9.61. The highest BCUT2D eigenvalue weighted by Crippen LogP contribution is 2.31. The van der Waals surface area contributed by atoms with Gasteiger partial charge in [0.1, 0.15) is 5.54 Å². The molecule has 0 radical (unpaired) electrons. The van der Waals surface area contributed by atoms with Crippen LogP contribution < -0.4 is 15.2 Å². The van der Waals surface area contributed by atoms with E-state index in [1.54, 1.807) is 19.9 Å². The van der Waals surface area contributed by atoms with Gasteiger partial charge in [0, 0.05) is 25.7 Å². The van der Waals surface area contributed by atoms with E-state index in [4.69, 9.17) is 24.7 Å². The molecule has 9 heteroatoms. The van der Waals surface area contributed by atoms with Crippen molar-refractivity contribution in [2.75, 3.05) is 13.7 Å². The topological polar surface area (TPSA) is 131 Å². The van der Waals surface area contributed by atoms with Crippen molar-refractivity contribution in [2.45, 2.75) is 72.3 Å². The molecule has 0 heterocycles. The first-order valence-electron chi connectivity index (χ1n) is 10.9. The first-order valence-corrected chi connectivity index (χ1v) is 10.9. The number of methoxy groups -OCH3 is 1. The van der Waals surface area contributed by atoms with Crippen LogP contribution >= 0.6 is 0 Å². The molecule has 0 saturated heterocycles. The van der Waals surface area contributed by atoms with Crippen molar-refractivity contribution in [3.05, 3.63) is 23.8 Å². The van der Waals surface area contributed by atoms with E-state index in [1.165, 1.54) is 19.2 Å². The summed E-state index contributed by atoms with van der Waals surface area (Å²) in [6.45, 7) is 8.96. The summed E-state index contributed by atoms with van der Waals surface area (Å²) in [5.41, 5.74) is 5.17. The molecule has 0 saturated carbocycles. The van der Waals surface area contributed by atoms with Crippen LogP contribution in [0.2, 0.25) is 0 Å².